The molecule has 0 radical (unpaired) electrons. The molecule has 0 bridgehead atoms. The molecule has 5 nitrogen and oxygen atoms in total. The molecule has 0 fully saturated rings. The Hall–Kier alpha value is -2.92. The van der Waals surface area contributed by atoms with Gasteiger partial charge in [0.2, 0.25) is 0 Å². The first kappa shape index (κ1) is 18.1. The summed E-state index contributed by atoms with van der Waals surface area (Å²) in [6, 6.07) is 13.3. The highest BCUT2D eigenvalue weighted by Gasteiger charge is 2.45. The molecule has 0 N–H and O–H groups in total. The first-order valence-corrected chi connectivity index (χ1v) is 9.95. The Morgan fingerprint density at radius 1 is 0.897 bits per heavy atom. The molecule has 1 aliphatic carbocycles. The molecule has 6 heteroatoms. The topological polar surface area (TPSA) is 61.1 Å². The smallest absolute Gasteiger partial charge is 0.277 e. The summed E-state index contributed by atoms with van der Waals surface area (Å²) in [5, 5.41) is 1.16. The van der Waals surface area contributed by atoms with Gasteiger partial charge >= 0.3 is 0 Å². The summed E-state index contributed by atoms with van der Waals surface area (Å²) in [5.74, 6) is -0.0415. The summed E-state index contributed by atoms with van der Waals surface area (Å²) in [6.45, 7) is 4.01. The summed E-state index contributed by atoms with van der Waals surface area (Å²) >= 11 is 6.48. The van der Waals surface area contributed by atoms with Gasteiger partial charge in [-0.15, -0.1) is 0 Å². The van der Waals surface area contributed by atoms with Gasteiger partial charge in [0.25, 0.3) is 11.1 Å². The van der Waals surface area contributed by atoms with Gasteiger partial charge in [-0.3, -0.25) is 14.4 Å². The summed E-state index contributed by atoms with van der Waals surface area (Å²) in [6.07, 6.45) is 0.899. The summed E-state index contributed by atoms with van der Waals surface area (Å²) in [7, 11) is 0. The molecular weight excluding hydrogens is 388 g/mol. The first-order chi connectivity index (χ1) is 13.8. The van der Waals surface area contributed by atoms with Crippen LogP contribution in [0.25, 0.3) is 16.5 Å². The van der Waals surface area contributed by atoms with E-state index in [0.29, 0.717) is 45.5 Å². The Bertz CT molecular complexity index is 1360. The van der Waals surface area contributed by atoms with Crippen LogP contribution in [0.15, 0.2) is 63.7 Å². The standard InChI is InChI=1S/C23H19ClN2O3/c1-23(2)11-17-19(18(27)12-23)20(15-9-5-6-10-16(15)24)26-22(29)14-8-4-3-7-13(14)21(28)25(17)26/h3-10,20H,11-12H2,1-2H3/t20-/m0/s1. The monoisotopic (exact) mass is 406 g/mol. The molecule has 3 aromatic rings. The highest BCUT2D eigenvalue weighted by Crippen LogP contribution is 2.47. The third kappa shape index (κ3) is 2.50. The van der Waals surface area contributed by atoms with Crippen molar-refractivity contribution >= 4 is 33.9 Å². The molecule has 0 spiro atoms. The van der Waals surface area contributed by atoms with E-state index in [0.717, 1.165) is 0 Å². The molecule has 2 aromatic carbocycles. The fraction of sp³-hybridized carbons (Fsp3) is 0.261. The molecule has 1 atom stereocenters. The zero-order valence-electron chi connectivity index (χ0n) is 16.1. The lowest BCUT2D eigenvalue weighted by molar-refractivity contribution is -0.118. The number of fused-ring (bicyclic) bond motifs is 3. The lowest BCUT2D eigenvalue weighted by atomic mass is 9.74. The van der Waals surface area contributed by atoms with E-state index in [9.17, 15) is 14.4 Å². The number of benzene rings is 2. The van der Waals surface area contributed by atoms with Crippen LogP contribution in [0.4, 0.5) is 0 Å². The molecule has 0 saturated carbocycles. The maximum absolute atomic E-state index is 13.5. The van der Waals surface area contributed by atoms with Gasteiger partial charge in [-0.1, -0.05) is 55.8 Å². The van der Waals surface area contributed by atoms with Crippen molar-refractivity contribution in [3.63, 3.8) is 0 Å². The SMILES string of the molecule is CC1(C)CC(=O)C2=C(C1)n1c(=O)c3ccccc3c(=O)n1[C@H]2c1ccccc1Cl. The van der Waals surface area contributed by atoms with Crippen molar-refractivity contribution in [3.05, 3.63) is 85.4 Å². The number of carbonyl (C=O) groups is 1. The normalized spacial score (nSPS) is 20.1. The van der Waals surface area contributed by atoms with Crippen molar-refractivity contribution in [1.82, 2.24) is 9.36 Å². The molecule has 146 valence electrons. The zero-order valence-corrected chi connectivity index (χ0v) is 16.9. The Morgan fingerprint density at radius 2 is 1.52 bits per heavy atom. The number of aromatic nitrogens is 2. The van der Waals surface area contributed by atoms with Crippen LogP contribution in [0.3, 0.4) is 0 Å². The second kappa shape index (κ2) is 6.04. The van der Waals surface area contributed by atoms with E-state index in [1.807, 2.05) is 26.0 Å². The van der Waals surface area contributed by atoms with Crippen LogP contribution in [0.1, 0.15) is 38.3 Å². The average Bonchev–Trinajstić information content (AvgIpc) is 3.01. The van der Waals surface area contributed by atoms with Crippen molar-refractivity contribution in [2.24, 2.45) is 5.41 Å². The number of nitrogens with zero attached hydrogens (tertiary/aromatic N) is 2. The largest absolute Gasteiger partial charge is 0.294 e. The van der Waals surface area contributed by atoms with E-state index in [-0.39, 0.29) is 22.3 Å². The molecule has 2 aliphatic rings. The number of hydrogen-bond donors (Lipinski definition) is 0. The van der Waals surface area contributed by atoms with Gasteiger partial charge in [-0.05, 0) is 35.6 Å². The molecule has 0 unspecified atom stereocenters. The predicted molar refractivity (Wildman–Crippen MR) is 113 cm³/mol. The van der Waals surface area contributed by atoms with Crippen molar-refractivity contribution in [1.29, 1.82) is 0 Å². The van der Waals surface area contributed by atoms with Gasteiger partial charge in [-0.2, -0.15) is 0 Å². The predicted octanol–water partition coefficient (Wildman–Crippen LogP) is 4.02. The number of carbonyl (C=O) groups excluding carboxylic acids is 1. The molecule has 2 heterocycles. The second-order valence-electron chi connectivity index (χ2n) is 8.54. The van der Waals surface area contributed by atoms with Crippen LogP contribution in [0.5, 0.6) is 0 Å². The maximum atomic E-state index is 13.5. The molecule has 1 aliphatic heterocycles. The molecular formula is C23H19ClN2O3. The minimum absolute atomic E-state index is 0.0415. The fourth-order valence-electron chi connectivity index (χ4n) is 4.68. The second-order valence-corrected chi connectivity index (χ2v) is 8.94. The van der Waals surface area contributed by atoms with Gasteiger partial charge in [0, 0.05) is 17.0 Å². The van der Waals surface area contributed by atoms with Crippen LogP contribution >= 0.6 is 11.6 Å². The number of hydrogen-bond acceptors (Lipinski definition) is 3. The Balaban J connectivity index is 1.95. The molecule has 0 saturated heterocycles. The van der Waals surface area contributed by atoms with E-state index < -0.39 is 6.04 Å². The third-order valence-corrected chi connectivity index (χ3v) is 6.22. The Morgan fingerprint density at radius 3 is 2.21 bits per heavy atom. The number of rotatable bonds is 1. The minimum atomic E-state index is -0.702. The van der Waals surface area contributed by atoms with Gasteiger partial charge < -0.3 is 0 Å². The van der Waals surface area contributed by atoms with Gasteiger partial charge in [0.1, 0.15) is 6.04 Å². The van der Waals surface area contributed by atoms with E-state index in [2.05, 4.69) is 0 Å². The van der Waals surface area contributed by atoms with Gasteiger partial charge in [-0.25, -0.2) is 9.36 Å². The van der Waals surface area contributed by atoms with Gasteiger partial charge in [0.15, 0.2) is 5.78 Å². The van der Waals surface area contributed by atoms with Crippen LogP contribution in [0.2, 0.25) is 5.02 Å². The molecule has 29 heavy (non-hydrogen) atoms. The Labute approximate surface area is 171 Å². The van der Waals surface area contributed by atoms with E-state index in [4.69, 9.17) is 11.6 Å². The van der Waals surface area contributed by atoms with Crippen molar-refractivity contribution in [2.75, 3.05) is 0 Å². The van der Waals surface area contributed by atoms with E-state index >= 15 is 0 Å². The van der Waals surface area contributed by atoms with Gasteiger partial charge in [0.05, 0.1) is 16.5 Å². The summed E-state index contributed by atoms with van der Waals surface area (Å²) in [5.41, 5.74) is 0.892. The van der Waals surface area contributed by atoms with Crippen LogP contribution in [0, 0.1) is 5.41 Å². The number of halogens is 1. The van der Waals surface area contributed by atoms with Crippen molar-refractivity contribution < 1.29 is 4.79 Å². The Kier molecular flexibility index (Phi) is 3.77. The summed E-state index contributed by atoms with van der Waals surface area (Å²) in [4.78, 5) is 40.2. The lowest BCUT2D eigenvalue weighted by Crippen LogP contribution is -2.37. The van der Waals surface area contributed by atoms with E-state index in [1.54, 1.807) is 36.4 Å². The highest BCUT2D eigenvalue weighted by atomic mass is 35.5. The fourth-order valence-corrected chi connectivity index (χ4v) is 4.91. The highest BCUT2D eigenvalue weighted by molar-refractivity contribution is 6.31. The minimum Gasteiger partial charge on any atom is -0.294 e. The number of Topliss-reactive ketones (excluding diaryl/α,β-unsaturated/α-hetero) is 1. The maximum Gasteiger partial charge on any atom is 0.277 e. The molecule has 1 aromatic heterocycles. The molecule has 5 rings (SSSR count). The third-order valence-electron chi connectivity index (χ3n) is 5.87. The number of allylic oxidation sites excluding steroid dienone is 2. The quantitative estimate of drug-likeness (QED) is 0.613. The van der Waals surface area contributed by atoms with Crippen LogP contribution in [-0.4, -0.2) is 15.1 Å². The van der Waals surface area contributed by atoms with Crippen molar-refractivity contribution in [2.45, 2.75) is 32.7 Å². The van der Waals surface area contributed by atoms with Crippen LogP contribution < -0.4 is 11.1 Å². The van der Waals surface area contributed by atoms with Crippen molar-refractivity contribution in [3.8, 4) is 0 Å². The number of ketones is 1. The van der Waals surface area contributed by atoms with E-state index in [1.165, 1.54) is 9.36 Å². The lowest BCUT2D eigenvalue weighted by Gasteiger charge is -2.30. The zero-order chi connectivity index (χ0) is 20.5. The molecule has 0 amide bonds. The van der Waals surface area contributed by atoms with Crippen LogP contribution in [-0.2, 0) is 4.79 Å². The average molecular weight is 407 g/mol. The first-order valence-electron chi connectivity index (χ1n) is 9.58. The summed E-state index contributed by atoms with van der Waals surface area (Å²) < 4.78 is 2.85.